The van der Waals surface area contributed by atoms with Crippen molar-refractivity contribution in [1.29, 1.82) is 5.26 Å². The van der Waals surface area contributed by atoms with Crippen LogP contribution in [0, 0.1) is 18.3 Å². The molecule has 0 saturated carbocycles. The number of rotatable bonds is 2. The molecule has 5 heteroatoms. The van der Waals surface area contributed by atoms with Crippen molar-refractivity contribution in [2.75, 3.05) is 5.32 Å². The van der Waals surface area contributed by atoms with Crippen LogP contribution in [0.3, 0.4) is 0 Å². The highest BCUT2D eigenvalue weighted by Crippen LogP contribution is 2.10. The van der Waals surface area contributed by atoms with Crippen LogP contribution in [-0.2, 0) is 7.05 Å². The van der Waals surface area contributed by atoms with Gasteiger partial charge in [-0.1, -0.05) is 0 Å². The number of nitriles is 1. The molecule has 0 atom stereocenters. The van der Waals surface area contributed by atoms with Crippen LogP contribution in [-0.4, -0.2) is 15.7 Å². The third-order valence-electron chi connectivity index (χ3n) is 2.63. The zero-order valence-electron chi connectivity index (χ0n) is 10.1. The van der Waals surface area contributed by atoms with Crippen LogP contribution in [0.15, 0.2) is 30.3 Å². The van der Waals surface area contributed by atoms with Gasteiger partial charge in [0.05, 0.1) is 11.6 Å². The van der Waals surface area contributed by atoms with Gasteiger partial charge in [-0.15, -0.1) is 0 Å². The Kier molecular flexibility index (Phi) is 3.11. The molecule has 1 aromatic heterocycles. The maximum Gasteiger partial charge on any atom is 0.256 e. The van der Waals surface area contributed by atoms with Gasteiger partial charge in [0.2, 0.25) is 0 Å². The molecule has 0 spiro atoms. The van der Waals surface area contributed by atoms with Crippen molar-refractivity contribution in [3.63, 3.8) is 0 Å². The van der Waals surface area contributed by atoms with Crippen LogP contribution < -0.4 is 5.32 Å². The predicted molar refractivity (Wildman–Crippen MR) is 67.1 cm³/mol. The van der Waals surface area contributed by atoms with Gasteiger partial charge in [0.15, 0.2) is 5.82 Å². The highest BCUT2D eigenvalue weighted by atomic mass is 16.1. The Labute approximate surface area is 105 Å². The van der Waals surface area contributed by atoms with E-state index in [4.69, 9.17) is 5.26 Å². The third-order valence-corrected chi connectivity index (χ3v) is 2.63. The smallest absolute Gasteiger partial charge is 0.256 e. The van der Waals surface area contributed by atoms with Crippen molar-refractivity contribution in [3.05, 3.63) is 47.2 Å². The molecule has 2 rings (SSSR count). The van der Waals surface area contributed by atoms with Crippen molar-refractivity contribution >= 4 is 11.7 Å². The molecule has 2 aromatic rings. The Balaban J connectivity index is 2.14. The minimum atomic E-state index is -0.238. The van der Waals surface area contributed by atoms with Gasteiger partial charge in [-0.25, -0.2) is 0 Å². The topological polar surface area (TPSA) is 70.7 Å². The summed E-state index contributed by atoms with van der Waals surface area (Å²) in [6, 6.07) is 10.2. The number of anilines is 1. The lowest BCUT2D eigenvalue weighted by Gasteiger charge is -2.01. The number of carbonyl (C=O) groups excluding carboxylic acids is 1. The minimum Gasteiger partial charge on any atom is -0.305 e. The third kappa shape index (κ3) is 2.38. The number of amides is 1. The SMILES string of the molecule is Cc1cc(NC(=O)c2ccc(C#N)cc2)nn1C. The zero-order chi connectivity index (χ0) is 13.1. The molecule has 18 heavy (non-hydrogen) atoms. The monoisotopic (exact) mass is 240 g/mol. The van der Waals surface area contributed by atoms with E-state index in [9.17, 15) is 4.79 Å². The Morgan fingerprint density at radius 2 is 2.06 bits per heavy atom. The molecule has 0 unspecified atom stereocenters. The summed E-state index contributed by atoms with van der Waals surface area (Å²) in [4.78, 5) is 11.9. The van der Waals surface area contributed by atoms with E-state index >= 15 is 0 Å². The molecule has 1 N–H and O–H groups in total. The van der Waals surface area contributed by atoms with Crippen molar-refractivity contribution in [2.45, 2.75) is 6.92 Å². The number of aryl methyl sites for hydroxylation is 2. The van der Waals surface area contributed by atoms with Gasteiger partial charge in [0.25, 0.3) is 5.91 Å². The molecular weight excluding hydrogens is 228 g/mol. The average molecular weight is 240 g/mol. The molecule has 0 aliphatic rings. The average Bonchev–Trinajstić information content (AvgIpc) is 2.68. The van der Waals surface area contributed by atoms with Gasteiger partial charge >= 0.3 is 0 Å². The van der Waals surface area contributed by atoms with E-state index in [2.05, 4.69) is 10.4 Å². The Morgan fingerprint density at radius 1 is 1.39 bits per heavy atom. The van der Waals surface area contributed by atoms with Gasteiger partial charge in [0.1, 0.15) is 0 Å². The number of hydrogen-bond donors (Lipinski definition) is 1. The Bertz CT molecular complexity index is 600. The van der Waals surface area contributed by atoms with E-state index in [1.807, 2.05) is 20.0 Å². The minimum absolute atomic E-state index is 0.238. The van der Waals surface area contributed by atoms with E-state index in [-0.39, 0.29) is 5.91 Å². The first-order chi connectivity index (χ1) is 8.60. The van der Waals surface area contributed by atoms with E-state index in [1.54, 1.807) is 35.0 Å². The Morgan fingerprint density at radius 3 is 2.56 bits per heavy atom. The van der Waals surface area contributed by atoms with Gasteiger partial charge in [-0.2, -0.15) is 10.4 Å². The molecule has 1 amide bonds. The summed E-state index contributed by atoms with van der Waals surface area (Å²) in [5, 5.41) is 15.5. The first kappa shape index (κ1) is 11.9. The molecule has 1 heterocycles. The second-order valence-corrected chi connectivity index (χ2v) is 3.94. The van der Waals surface area contributed by atoms with Gasteiger partial charge < -0.3 is 5.32 Å². The van der Waals surface area contributed by atoms with Crippen LogP contribution in [0.2, 0.25) is 0 Å². The summed E-state index contributed by atoms with van der Waals surface area (Å²) in [6.07, 6.45) is 0. The first-order valence-corrected chi connectivity index (χ1v) is 5.42. The fourth-order valence-corrected chi connectivity index (χ4v) is 1.51. The molecule has 0 saturated heterocycles. The summed E-state index contributed by atoms with van der Waals surface area (Å²) in [7, 11) is 1.81. The van der Waals surface area contributed by atoms with Crippen molar-refractivity contribution in [1.82, 2.24) is 9.78 Å². The lowest BCUT2D eigenvalue weighted by Crippen LogP contribution is -2.12. The van der Waals surface area contributed by atoms with Gasteiger partial charge in [-0.3, -0.25) is 9.48 Å². The molecule has 0 aliphatic heterocycles. The largest absolute Gasteiger partial charge is 0.305 e. The molecular formula is C13H12N4O. The van der Waals surface area contributed by atoms with Crippen LogP contribution in [0.5, 0.6) is 0 Å². The maximum atomic E-state index is 11.9. The van der Waals surface area contributed by atoms with E-state index < -0.39 is 0 Å². The summed E-state index contributed by atoms with van der Waals surface area (Å²) < 4.78 is 1.69. The number of aromatic nitrogens is 2. The molecule has 1 aromatic carbocycles. The first-order valence-electron chi connectivity index (χ1n) is 5.42. The fourth-order valence-electron chi connectivity index (χ4n) is 1.51. The van der Waals surface area contributed by atoms with Crippen LogP contribution in [0.25, 0.3) is 0 Å². The summed E-state index contributed by atoms with van der Waals surface area (Å²) in [6.45, 7) is 1.91. The van der Waals surface area contributed by atoms with E-state index in [1.165, 1.54) is 0 Å². The zero-order valence-corrected chi connectivity index (χ0v) is 10.1. The normalized spacial score (nSPS) is 9.83. The second-order valence-electron chi connectivity index (χ2n) is 3.94. The molecule has 0 bridgehead atoms. The van der Waals surface area contributed by atoms with Crippen molar-refractivity contribution < 1.29 is 4.79 Å². The summed E-state index contributed by atoms with van der Waals surface area (Å²) in [5.74, 6) is 0.280. The molecule has 0 radical (unpaired) electrons. The van der Waals surface area contributed by atoms with E-state index in [0.717, 1.165) is 5.69 Å². The number of nitrogens with one attached hydrogen (secondary N) is 1. The molecule has 90 valence electrons. The van der Waals surface area contributed by atoms with Crippen LogP contribution in [0.4, 0.5) is 5.82 Å². The number of nitrogens with zero attached hydrogens (tertiary/aromatic N) is 3. The van der Waals surface area contributed by atoms with Crippen molar-refractivity contribution in [2.24, 2.45) is 7.05 Å². The second kappa shape index (κ2) is 4.72. The molecule has 0 aliphatic carbocycles. The lowest BCUT2D eigenvalue weighted by molar-refractivity contribution is 0.102. The Hall–Kier alpha value is -2.61. The summed E-state index contributed by atoms with van der Waals surface area (Å²) >= 11 is 0. The highest BCUT2D eigenvalue weighted by molar-refractivity contribution is 6.03. The number of hydrogen-bond acceptors (Lipinski definition) is 3. The van der Waals surface area contributed by atoms with Crippen LogP contribution >= 0.6 is 0 Å². The van der Waals surface area contributed by atoms with Crippen molar-refractivity contribution in [3.8, 4) is 6.07 Å². The highest BCUT2D eigenvalue weighted by Gasteiger charge is 2.08. The number of carbonyl (C=O) groups is 1. The van der Waals surface area contributed by atoms with Crippen LogP contribution in [0.1, 0.15) is 21.6 Å². The lowest BCUT2D eigenvalue weighted by atomic mass is 10.1. The quantitative estimate of drug-likeness (QED) is 0.870. The molecule has 5 nitrogen and oxygen atoms in total. The summed E-state index contributed by atoms with van der Waals surface area (Å²) in [5.41, 5.74) is 1.99. The maximum absolute atomic E-state index is 11.9. The van der Waals surface area contributed by atoms with Gasteiger partial charge in [-0.05, 0) is 31.2 Å². The standard InChI is InChI=1S/C13H12N4O/c1-9-7-12(16-17(9)2)15-13(18)11-5-3-10(8-14)4-6-11/h3-7H,1-2H3,(H,15,16,18). The number of benzene rings is 1. The fraction of sp³-hybridized carbons (Fsp3) is 0.154. The predicted octanol–water partition coefficient (Wildman–Crippen LogP) is 1.85. The van der Waals surface area contributed by atoms with E-state index in [0.29, 0.717) is 16.9 Å². The van der Waals surface area contributed by atoms with Gasteiger partial charge in [0, 0.05) is 24.4 Å². The molecule has 0 fully saturated rings.